The van der Waals surface area contributed by atoms with Gasteiger partial charge in [-0.1, -0.05) is 32.4 Å². The van der Waals surface area contributed by atoms with Gasteiger partial charge in [0.05, 0.1) is 5.41 Å². The summed E-state index contributed by atoms with van der Waals surface area (Å²) in [4.78, 5) is 25.9. The van der Waals surface area contributed by atoms with Crippen molar-refractivity contribution in [1.29, 1.82) is 0 Å². The molecule has 0 aliphatic heterocycles. The van der Waals surface area contributed by atoms with E-state index in [1.54, 1.807) is 12.2 Å². The highest BCUT2D eigenvalue weighted by atomic mass is 16.4. The van der Waals surface area contributed by atoms with Gasteiger partial charge in [-0.2, -0.15) is 0 Å². The Morgan fingerprint density at radius 3 is 2.14 bits per heavy atom. The number of nitrogens with one attached hydrogen (secondary N) is 1. The molecule has 0 rings (SSSR count). The molecule has 1 amide bonds. The predicted molar refractivity (Wildman–Crippen MR) is 89.6 cm³/mol. The zero-order valence-corrected chi connectivity index (χ0v) is 14.3. The maximum atomic E-state index is 12.5. The van der Waals surface area contributed by atoms with Crippen LogP contribution in [0.15, 0.2) is 25.3 Å². The Hall–Kier alpha value is -1.62. The lowest BCUT2D eigenvalue weighted by atomic mass is 9.89. The molecule has 0 fully saturated rings. The lowest BCUT2D eigenvalue weighted by Crippen LogP contribution is -2.52. The molecule has 0 spiro atoms. The normalized spacial score (nSPS) is 14.2. The van der Waals surface area contributed by atoms with E-state index in [-0.39, 0.29) is 11.8 Å². The van der Waals surface area contributed by atoms with Crippen LogP contribution in [-0.2, 0) is 9.59 Å². The molecule has 0 aliphatic carbocycles. The largest absolute Gasteiger partial charge is 0.480 e. The van der Waals surface area contributed by atoms with Gasteiger partial charge in [-0.05, 0) is 19.8 Å². The van der Waals surface area contributed by atoms with E-state index in [0.29, 0.717) is 26.1 Å². The average Bonchev–Trinajstić information content (AvgIpc) is 2.43. The fraction of sp³-hybridized carbons (Fsp3) is 0.647. The summed E-state index contributed by atoms with van der Waals surface area (Å²) in [6, 6.07) is -0.857. The Balaban J connectivity index is 4.94. The van der Waals surface area contributed by atoms with Crippen molar-refractivity contribution < 1.29 is 14.7 Å². The fourth-order valence-electron chi connectivity index (χ4n) is 2.22. The van der Waals surface area contributed by atoms with E-state index in [2.05, 4.69) is 18.5 Å². The predicted octanol–water partition coefficient (Wildman–Crippen LogP) is 2.30. The zero-order chi connectivity index (χ0) is 17.3. The van der Waals surface area contributed by atoms with Crippen LogP contribution in [0.1, 0.15) is 34.1 Å². The third-order valence-corrected chi connectivity index (χ3v) is 3.77. The monoisotopic (exact) mass is 310 g/mol. The van der Waals surface area contributed by atoms with E-state index in [0.717, 1.165) is 0 Å². The molecule has 0 aromatic rings. The van der Waals surface area contributed by atoms with Crippen molar-refractivity contribution in [1.82, 2.24) is 10.2 Å². The summed E-state index contributed by atoms with van der Waals surface area (Å²) in [5.74, 6) is -1.36. The Bertz CT molecular complexity index is 395. The van der Waals surface area contributed by atoms with Crippen molar-refractivity contribution in [3.8, 4) is 0 Å². The van der Waals surface area contributed by atoms with Crippen LogP contribution in [0.25, 0.3) is 0 Å². The summed E-state index contributed by atoms with van der Waals surface area (Å²) in [7, 11) is 0. The first-order chi connectivity index (χ1) is 10.2. The first kappa shape index (κ1) is 20.4. The molecular weight excluding hydrogens is 280 g/mol. The lowest BCUT2D eigenvalue weighted by Gasteiger charge is -2.32. The Morgan fingerprint density at radius 2 is 1.77 bits per heavy atom. The minimum Gasteiger partial charge on any atom is -0.480 e. The maximum absolute atomic E-state index is 12.5. The second-order valence-corrected chi connectivity index (χ2v) is 6.33. The highest BCUT2D eigenvalue weighted by molar-refractivity contribution is 5.87. The SMILES string of the molecule is C=CCN(CC=C)CC(C)(C)C(=O)NC(C(=O)O)C(C)CC. The first-order valence-corrected chi connectivity index (χ1v) is 7.67. The number of carboxylic acids is 1. The van der Waals surface area contributed by atoms with Gasteiger partial charge in [0.1, 0.15) is 6.04 Å². The number of amides is 1. The molecule has 0 bridgehead atoms. The fourth-order valence-corrected chi connectivity index (χ4v) is 2.22. The van der Waals surface area contributed by atoms with Crippen molar-refractivity contribution in [3.05, 3.63) is 25.3 Å². The molecule has 0 heterocycles. The van der Waals surface area contributed by atoms with Gasteiger partial charge in [0, 0.05) is 19.6 Å². The molecule has 2 atom stereocenters. The number of rotatable bonds is 11. The summed E-state index contributed by atoms with van der Waals surface area (Å²) in [5, 5.41) is 12.0. The van der Waals surface area contributed by atoms with Crippen molar-refractivity contribution in [2.75, 3.05) is 19.6 Å². The van der Waals surface area contributed by atoms with E-state index in [4.69, 9.17) is 0 Å². The van der Waals surface area contributed by atoms with Crippen LogP contribution in [-0.4, -0.2) is 47.6 Å². The third kappa shape index (κ3) is 6.43. The van der Waals surface area contributed by atoms with Crippen LogP contribution >= 0.6 is 0 Å². The summed E-state index contributed by atoms with van der Waals surface area (Å²) in [6.07, 6.45) is 4.24. The molecule has 0 aromatic heterocycles. The maximum Gasteiger partial charge on any atom is 0.326 e. The van der Waals surface area contributed by atoms with Crippen molar-refractivity contribution in [2.45, 2.75) is 40.2 Å². The minimum absolute atomic E-state index is 0.116. The molecule has 126 valence electrons. The number of hydrogen-bond donors (Lipinski definition) is 2. The van der Waals surface area contributed by atoms with E-state index in [1.807, 2.05) is 32.6 Å². The minimum atomic E-state index is -0.993. The van der Waals surface area contributed by atoms with Crippen LogP contribution < -0.4 is 5.32 Å². The highest BCUT2D eigenvalue weighted by Gasteiger charge is 2.34. The molecule has 0 saturated carbocycles. The second-order valence-electron chi connectivity index (χ2n) is 6.33. The number of carboxylic acid groups (broad SMARTS) is 1. The van der Waals surface area contributed by atoms with Crippen molar-refractivity contribution in [2.24, 2.45) is 11.3 Å². The molecule has 5 heteroatoms. The molecule has 2 N–H and O–H groups in total. The van der Waals surface area contributed by atoms with E-state index < -0.39 is 17.4 Å². The third-order valence-electron chi connectivity index (χ3n) is 3.77. The van der Waals surface area contributed by atoms with Crippen molar-refractivity contribution in [3.63, 3.8) is 0 Å². The smallest absolute Gasteiger partial charge is 0.326 e. The van der Waals surface area contributed by atoms with Gasteiger partial charge in [0.2, 0.25) is 5.91 Å². The van der Waals surface area contributed by atoms with E-state index in [9.17, 15) is 14.7 Å². The Morgan fingerprint density at radius 1 is 1.27 bits per heavy atom. The summed E-state index contributed by atoms with van der Waals surface area (Å²) in [5.41, 5.74) is -0.701. The number of carbonyl (C=O) groups excluding carboxylic acids is 1. The summed E-state index contributed by atoms with van der Waals surface area (Å²) < 4.78 is 0. The van der Waals surface area contributed by atoms with Crippen LogP contribution in [0, 0.1) is 11.3 Å². The lowest BCUT2D eigenvalue weighted by molar-refractivity contribution is -0.145. The van der Waals surface area contributed by atoms with E-state index in [1.165, 1.54) is 0 Å². The number of aliphatic carboxylic acids is 1. The molecular formula is C17H30N2O3. The standard InChI is InChI=1S/C17H30N2O3/c1-7-10-19(11-8-2)12-17(5,6)16(22)18-14(15(20)21)13(4)9-3/h7-8,13-14H,1-2,9-12H2,3-6H3,(H,18,22)(H,20,21). The molecule has 0 aliphatic rings. The van der Waals surface area contributed by atoms with Crippen LogP contribution in [0.2, 0.25) is 0 Å². The Labute approximate surface area is 134 Å². The van der Waals surface area contributed by atoms with Gasteiger partial charge < -0.3 is 10.4 Å². The van der Waals surface area contributed by atoms with Crippen LogP contribution in [0.5, 0.6) is 0 Å². The summed E-state index contributed by atoms with van der Waals surface area (Å²) in [6.45, 7) is 16.6. The molecule has 2 unspecified atom stereocenters. The topological polar surface area (TPSA) is 69.6 Å². The van der Waals surface area contributed by atoms with Gasteiger partial charge in [0.15, 0.2) is 0 Å². The van der Waals surface area contributed by atoms with Crippen LogP contribution in [0.3, 0.4) is 0 Å². The number of hydrogen-bond acceptors (Lipinski definition) is 3. The first-order valence-electron chi connectivity index (χ1n) is 7.67. The van der Waals surface area contributed by atoms with Gasteiger partial charge in [-0.3, -0.25) is 9.69 Å². The molecule has 0 aromatic carbocycles. The number of nitrogens with zero attached hydrogens (tertiary/aromatic N) is 1. The molecule has 5 nitrogen and oxygen atoms in total. The quantitative estimate of drug-likeness (QED) is 0.575. The van der Waals surface area contributed by atoms with Crippen molar-refractivity contribution >= 4 is 11.9 Å². The van der Waals surface area contributed by atoms with Gasteiger partial charge in [0.25, 0.3) is 0 Å². The summed E-state index contributed by atoms with van der Waals surface area (Å²) >= 11 is 0. The molecule has 0 radical (unpaired) electrons. The second kappa shape index (κ2) is 9.41. The Kier molecular flexibility index (Phi) is 8.72. The number of carbonyl (C=O) groups is 2. The van der Waals surface area contributed by atoms with Gasteiger partial charge in [-0.25, -0.2) is 4.79 Å². The molecule has 22 heavy (non-hydrogen) atoms. The van der Waals surface area contributed by atoms with E-state index >= 15 is 0 Å². The zero-order valence-electron chi connectivity index (χ0n) is 14.3. The van der Waals surface area contributed by atoms with Gasteiger partial charge in [-0.15, -0.1) is 13.2 Å². The highest BCUT2D eigenvalue weighted by Crippen LogP contribution is 2.19. The molecule has 0 saturated heterocycles. The average molecular weight is 310 g/mol. The van der Waals surface area contributed by atoms with Gasteiger partial charge >= 0.3 is 5.97 Å². The van der Waals surface area contributed by atoms with Crippen LogP contribution in [0.4, 0.5) is 0 Å².